The molecule has 19 heteroatoms. The summed E-state index contributed by atoms with van der Waals surface area (Å²) in [4.78, 5) is 26.6. The van der Waals surface area contributed by atoms with Crippen molar-refractivity contribution >= 4 is 76.2 Å². The van der Waals surface area contributed by atoms with E-state index in [1.165, 1.54) is 0 Å². The summed E-state index contributed by atoms with van der Waals surface area (Å²) in [7, 11) is -10.0. The standard InChI is InChI=1S/C70H131IO13Si5/c1-46-39-51(32-34-55-47(2)40-50(76-55)31-30-38-72)77-58(48(46)3)44-59-54(61(74-19)60(79-59)43-53(81-86(22,23)67(7,8)9)45-75-85(20,21)66(4,5)6)42-49(73)41-52-33-35-56-62(78-52)64(83-88(26,27)69(13,14)15)65(84-89(28,29)70(16,17)18)63(80-56)57(36-37-71)82-87(24,25)68(10,11)12/h36-38,46,50-65H,2-3,30-35,39-45H2,1,4-29H3/b37-36+/t46-,50+,51+,52-,53+,54+,55+,56+,57+,58+,59+,60-,61-,62+,63+,64+,65-/m1/s1. The fourth-order valence-corrected chi connectivity index (χ4v) is 18.8. The Morgan fingerprint density at radius 3 is 1.72 bits per heavy atom. The van der Waals surface area contributed by atoms with Crippen molar-refractivity contribution < 1.29 is 60.1 Å². The maximum absolute atomic E-state index is 15.4. The summed E-state index contributed by atoms with van der Waals surface area (Å²) in [5.41, 5.74) is 2.15. The molecule has 0 saturated carbocycles. The zero-order chi connectivity index (χ0) is 67.6. The van der Waals surface area contributed by atoms with Crippen molar-refractivity contribution in [3.63, 3.8) is 0 Å². The summed E-state index contributed by atoms with van der Waals surface area (Å²) in [5, 5.41) is -0.270. The first kappa shape index (κ1) is 79.6. The second kappa shape index (κ2) is 30.8. The van der Waals surface area contributed by atoms with Crippen molar-refractivity contribution in [1.29, 1.82) is 0 Å². The number of carbonyl (C=O) groups is 2. The molecule has 0 N–H and O–H groups in total. The number of ketones is 1. The van der Waals surface area contributed by atoms with Gasteiger partial charge in [-0.3, -0.25) is 4.79 Å². The van der Waals surface area contributed by atoms with Gasteiger partial charge in [-0.25, -0.2) is 0 Å². The molecule has 13 nitrogen and oxygen atoms in total. The van der Waals surface area contributed by atoms with E-state index in [9.17, 15) is 4.79 Å². The molecule has 0 aromatic rings. The Kier molecular flexibility index (Phi) is 27.5. The smallest absolute Gasteiger partial charge is 0.193 e. The molecule has 5 aliphatic heterocycles. The summed E-state index contributed by atoms with van der Waals surface area (Å²) < 4.78 is 81.7. The topological polar surface area (TPSA) is 136 Å². The summed E-state index contributed by atoms with van der Waals surface area (Å²) in [5.74, 6) is 0.0514. The molecule has 5 aliphatic rings. The van der Waals surface area contributed by atoms with Crippen LogP contribution in [0, 0.1) is 11.8 Å². The van der Waals surface area contributed by atoms with Crippen molar-refractivity contribution in [3.05, 3.63) is 34.5 Å². The fraction of sp³-hybridized carbons (Fsp3) is 0.886. The van der Waals surface area contributed by atoms with Gasteiger partial charge in [-0.2, -0.15) is 0 Å². The van der Waals surface area contributed by atoms with Gasteiger partial charge in [0.2, 0.25) is 0 Å². The van der Waals surface area contributed by atoms with Crippen LogP contribution in [0.1, 0.15) is 188 Å². The Labute approximate surface area is 562 Å². The van der Waals surface area contributed by atoms with Gasteiger partial charge in [-0.05, 0) is 163 Å². The van der Waals surface area contributed by atoms with Crippen LogP contribution >= 0.6 is 22.6 Å². The van der Waals surface area contributed by atoms with Crippen molar-refractivity contribution in [1.82, 2.24) is 0 Å². The van der Waals surface area contributed by atoms with Crippen molar-refractivity contribution in [2.75, 3.05) is 13.7 Å². The average molecular weight is 1450 g/mol. The number of carbonyl (C=O) groups excluding carboxylic acids is 2. The minimum Gasteiger partial charge on any atom is -0.414 e. The van der Waals surface area contributed by atoms with E-state index in [-0.39, 0.29) is 117 Å². The Bertz CT molecular complexity index is 2360. The number of Topliss-reactive ketones (excluding diaryl/α,β-unsaturated/α-hetero) is 1. The lowest BCUT2D eigenvalue weighted by atomic mass is 9.81. The Hall–Kier alpha value is -0.0656. The molecular weight excluding hydrogens is 1320 g/mol. The number of fused-ring (bicyclic) bond motifs is 1. The fourth-order valence-electron chi connectivity index (χ4n) is 12.2. The van der Waals surface area contributed by atoms with Crippen LogP contribution in [0.3, 0.4) is 0 Å². The molecule has 516 valence electrons. The molecule has 0 spiro atoms. The summed E-state index contributed by atoms with van der Waals surface area (Å²) in [6.45, 7) is 69.2. The van der Waals surface area contributed by atoms with Gasteiger partial charge in [0, 0.05) is 45.1 Å². The maximum atomic E-state index is 15.4. The third-order valence-electron chi connectivity index (χ3n) is 23.2. The van der Waals surface area contributed by atoms with E-state index in [2.05, 4.69) is 222 Å². The normalized spacial score (nSPS) is 31.8. The van der Waals surface area contributed by atoms with Gasteiger partial charge in [0.1, 0.15) is 36.5 Å². The van der Waals surface area contributed by atoms with Crippen LogP contribution in [0.4, 0.5) is 0 Å². The first-order valence-corrected chi connectivity index (χ1v) is 50.0. The first-order chi connectivity index (χ1) is 40.5. The molecule has 0 aliphatic carbocycles. The first-order valence-electron chi connectivity index (χ1n) is 34.2. The molecule has 5 fully saturated rings. The highest BCUT2D eigenvalue weighted by atomic mass is 127. The highest BCUT2D eigenvalue weighted by molar-refractivity contribution is 14.1. The largest absolute Gasteiger partial charge is 0.414 e. The van der Waals surface area contributed by atoms with Crippen LogP contribution in [-0.2, 0) is 60.1 Å². The summed E-state index contributed by atoms with van der Waals surface area (Å²) in [6, 6.07) is 0. The van der Waals surface area contributed by atoms with E-state index in [1.54, 1.807) is 7.11 Å². The van der Waals surface area contributed by atoms with Crippen LogP contribution in [-0.4, -0.2) is 159 Å². The minimum atomic E-state index is -2.50. The van der Waals surface area contributed by atoms with E-state index >= 15 is 4.79 Å². The highest BCUT2D eigenvalue weighted by Crippen LogP contribution is 2.50. The molecule has 0 radical (unpaired) electrons. The lowest BCUT2D eigenvalue weighted by Crippen LogP contribution is -2.69. The average Bonchev–Trinajstić information content (AvgIpc) is 1.32. The molecule has 0 bridgehead atoms. The zero-order valence-corrected chi connectivity index (χ0v) is 68.5. The highest BCUT2D eigenvalue weighted by Gasteiger charge is 2.59. The van der Waals surface area contributed by atoms with E-state index in [0.717, 1.165) is 49.5 Å². The number of rotatable bonds is 28. The van der Waals surface area contributed by atoms with Gasteiger partial charge in [0.25, 0.3) is 0 Å². The number of hydrogen-bond acceptors (Lipinski definition) is 13. The molecule has 0 amide bonds. The summed E-state index contributed by atoms with van der Waals surface area (Å²) >= 11 is 2.32. The van der Waals surface area contributed by atoms with Crippen LogP contribution in [0.15, 0.2) is 34.5 Å². The van der Waals surface area contributed by atoms with Gasteiger partial charge < -0.3 is 55.3 Å². The molecule has 5 rings (SSSR count). The number of methoxy groups -OCH3 is 1. The second-order valence-electron chi connectivity index (χ2n) is 35.2. The lowest BCUT2D eigenvalue weighted by Gasteiger charge is -2.56. The van der Waals surface area contributed by atoms with Crippen LogP contribution in [0.5, 0.6) is 0 Å². The molecule has 5 heterocycles. The van der Waals surface area contributed by atoms with Crippen molar-refractivity contribution in [2.45, 2.75) is 370 Å². The van der Waals surface area contributed by atoms with Gasteiger partial charge >= 0.3 is 0 Å². The van der Waals surface area contributed by atoms with Gasteiger partial charge in [0.15, 0.2) is 41.6 Å². The SMILES string of the molecule is C=C1C[C@H](CCC=O)O[C@H]1CC[C@H]1C[C@@H](C)C(=C)[C@H](C[C@@H]2O[C@H](C[C@@H](CO[Si](C)(C)C(C)(C)C)O[Si](C)(C)C(C)(C)C)[C@H](OC)[C@H]2CC(=O)C[C@H]2CC[C@@H]3O[C@@H]([C@H](/C=C/I)O[Si](C)(C)C(C)(C)C)[C@@H](O[Si](C)(C)C(C)(C)C)[C@@H](O[Si](C)(C)C(C)(C)C)[C@H]3O2)O1. The maximum Gasteiger partial charge on any atom is 0.193 e. The molecular formula is C70H131IO13Si5. The van der Waals surface area contributed by atoms with Crippen LogP contribution in [0.2, 0.25) is 90.7 Å². The third kappa shape index (κ3) is 20.5. The quantitative estimate of drug-likeness (QED) is 0.0318. The van der Waals surface area contributed by atoms with E-state index in [4.69, 9.17) is 50.6 Å². The predicted molar refractivity (Wildman–Crippen MR) is 386 cm³/mol. The second-order valence-corrected chi connectivity index (χ2v) is 59.8. The molecule has 5 saturated heterocycles. The molecule has 0 aromatic carbocycles. The molecule has 89 heavy (non-hydrogen) atoms. The Morgan fingerprint density at radius 2 is 1.18 bits per heavy atom. The number of ether oxygens (including phenoxy) is 6. The van der Waals surface area contributed by atoms with E-state index in [1.807, 2.05) is 0 Å². The van der Waals surface area contributed by atoms with Crippen LogP contribution in [0.25, 0.3) is 0 Å². The van der Waals surface area contributed by atoms with Gasteiger partial charge in [0.05, 0.1) is 73.8 Å². The summed E-state index contributed by atoms with van der Waals surface area (Å²) in [6.07, 6.45) is 5.88. The Balaban J connectivity index is 1.51. The van der Waals surface area contributed by atoms with Crippen molar-refractivity contribution in [2.24, 2.45) is 11.8 Å². The van der Waals surface area contributed by atoms with Crippen LogP contribution < -0.4 is 0 Å². The van der Waals surface area contributed by atoms with Crippen molar-refractivity contribution in [3.8, 4) is 0 Å². The zero-order valence-electron chi connectivity index (χ0n) is 61.3. The molecule has 17 atom stereocenters. The third-order valence-corrected chi connectivity index (χ3v) is 46.1. The van der Waals surface area contributed by atoms with E-state index in [0.29, 0.717) is 38.7 Å². The lowest BCUT2D eigenvalue weighted by molar-refractivity contribution is -0.266. The minimum absolute atomic E-state index is 0.0158. The number of halogens is 1. The van der Waals surface area contributed by atoms with E-state index < -0.39 is 72.1 Å². The van der Waals surface area contributed by atoms with Gasteiger partial charge in [-0.1, -0.05) is 147 Å². The number of hydrogen-bond donors (Lipinski definition) is 0. The molecule has 0 aromatic heterocycles. The Morgan fingerprint density at radius 1 is 0.629 bits per heavy atom. The predicted octanol–water partition coefficient (Wildman–Crippen LogP) is 18.2. The molecule has 0 unspecified atom stereocenters. The number of aldehydes is 1. The van der Waals surface area contributed by atoms with Gasteiger partial charge in [-0.15, -0.1) is 0 Å². The monoisotopic (exact) mass is 1450 g/mol.